The molecule has 0 atom stereocenters. The largest absolute Gasteiger partial charge is 2.00 e. The van der Waals surface area contributed by atoms with E-state index in [-0.39, 0.29) is 59.4 Å². The van der Waals surface area contributed by atoms with Crippen molar-refractivity contribution in [2.24, 2.45) is 10.9 Å². The van der Waals surface area contributed by atoms with Crippen LogP contribution in [0.15, 0.2) is 51.7 Å². The van der Waals surface area contributed by atoms with Crippen LogP contribution in [0, 0.1) is 5.92 Å². The van der Waals surface area contributed by atoms with E-state index in [1.165, 1.54) is 28.1 Å². The van der Waals surface area contributed by atoms with Gasteiger partial charge in [0.15, 0.2) is 0 Å². The van der Waals surface area contributed by atoms with E-state index in [0.717, 1.165) is 12.8 Å². The van der Waals surface area contributed by atoms with E-state index in [2.05, 4.69) is 51.2 Å². The standard InChI is InChI=1S/C17H21NSi.2ClH.Zr/c1-11(2)17-15(12-7-5-6-8-12)16-13(18-17)9-10-14(16)19(3)4;;;/h5-7,9,11H,8,10H2,1-4H3;2*1H;/q;;;+2/p-2. The molecule has 3 aliphatic rings. The normalized spacial score (nSPS) is 18.2. The molecule has 0 aromatic heterocycles. The van der Waals surface area contributed by atoms with Gasteiger partial charge in [-0.1, -0.05) is 56.4 Å². The molecule has 1 heterocycles. The Kier molecular flexibility index (Phi) is 8.94. The van der Waals surface area contributed by atoms with Crippen LogP contribution < -0.4 is 24.8 Å². The van der Waals surface area contributed by atoms with E-state index in [0.29, 0.717) is 5.92 Å². The van der Waals surface area contributed by atoms with Crippen molar-refractivity contribution in [3.63, 3.8) is 0 Å². The van der Waals surface area contributed by atoms with Crippen molar-refractivity contribution in [2.75, 3.05) is 0 Å². The minimum Gasteiger partial charge on any atom is -1.00 e. The maximum atomic E-state index is 4.94. The third-order valence-corrected chi connectivity index (χ3v) is 5.71. The topological polar surface area (TPSA) is 12.4 Å². The van der Waals surface area contributed by atoms with Gasteiger partial charge in [0, 0.05) is 19.6 Å². The van der Waals surface area contributed by atoms with Crippen LogP contribution in [-0.4, -0.2) is 19.3 Å². The third kappa shape index (κ3) is 3.80. The van der Waals surface area contributed by atoms with Gasteiger partial charge in [-0.05, 0) is 24.3 Å². The first kappa shape index (κ1) is 22.2. The summed E-state index contributed by atoms with van der Waals surface area (Å²) in [5, 5.41) is 1.67. The van der Waals surface area contributed by atoms with Crippen molar-refractivity contribution in [3.05, 3.63) is 46.7 Å². The Morgan fingerprint density at radius 2 is 1.77 bits per heavy atom. The summed E-state index contributed by atoms with van der Waals surface area (Å²) in [6, 6.07) is 0. The van der Waals surface area contributed by atoms with Gasteiger partial charge in [-0.2, -0.15) is 0 Å². The zero-order chi connectivity index (χ0) is 13.6. The summed E-state index contributed by atoms with van der Waals surface area (Å²) in [4.78, 5) is 4.94. The number of hydrogen-bond donors (Lipinski definition) is 0. The number of aliphatic imine (C=N–C) groups is 1. The molecule has 5 heteroatoms. The number of hydrogen-bond acceptors (Lipinski definition) is 1. The van der Waals surface area contributed by atoms with Gasteiger partial charge in [0.2, 0.25) is 0 Å². The first-order chi connectivity index (χ1) is 9.09. The Balaban J connectivity index is 0.00000147. The molecule has 0 aromatic carbocycles. The molecule has 3 rings (SSSR count). The Morgan fingerprint density at radius 3 is 2.27 bits per heavy atom. The summed E-state index contributed by atoms with van der Waals surface area (Å²) >= 11 is 0. The molecular weight excluding hydrogens is 408 g/mol. The summed E-state index contributed by atoms with van der Waals surface area (Å²) in [6.45, 7) is 9.31. The molecule has 0 saturated heterocycles. The molecule has 1 nitrogen and oxygen atoms in total. The second-order valence-corrected chi connectivity index (χ2v) is 8.60. The molecule has 0 fully saturated rings. The van der Waals surface area contributed by atoms with Crippen LogP contribution in [-0.2, 0) is 26.2 Å². The molecular formula is C17H21Cl2NSiZr. The number of nitrogens with zero attached hydrogens (tertiary/aromatic N) is 1. The van der Waals surface area contributed by atoms with Crippen molar-refractivity contribution in [1.29, 1.82) is 0 Å². The van der Waals surface area contributed by atoms with E-state index in [4.69, 9.17) is 4.99 Å². The monoisotopic (exact) mass is 427 g/mol. The molecule has 0 unspecified atom stereocenters. The maximum Gasteiger partial charge on any atom is 2.00 e. The van der Waals surface area contributed by atoms with Crippen molar-refractivity contribution >= 4 is 19.3 Å². The van der Waals surface area contributed by atoms with E-state index in [9.17, 15) is 0 Å². The van der Waals surface area contributed by atoms with Crippen LogP contribution in [0.4, 0.5) is 0 Å². The van der Waals surface area contributed by atoms with E-state index in [1.54, 1.807) is 5.17 Å². The van der Waals surface area contributed by atoms with Gasteiger partial charge < -0.3 is 24.8 Å². The fourth-order valence-electron chi connectivity index (χ4n) is 3.08. The van der Waals surface area contributed by atoms with Crippen molar-refractivity contribution < 1.29 is 51.0 Å². The summed E-state index contributed by atoms with van der Waals surface area (Å²) in [6.07, 6.45) is 11.2. The van der Waals surface area contributed by atoms with Gasteiger partial charge in [0.1, 0.15) is 0 Å². The van der Waals surface area contributed by atoms with Crippen LogP contribution >= 0.6 is 0 Å². The third-order valence-electron chi connectivity index (χ3n) is 4.05. The fourth-order valence-corrected chi connectivity index (χ4v) is 4.34. The summed E-state index contributed by atoms with van der Waals surface area (Å²) in [5.74, 6) is 0.501. The summed E-state index contributed by atoms with van der Waals surface area (Å²) in [5.41, 5.74) is 6.99. The summed E-state index contributed by atoms with van der Waals surface area (Å²) < 4.78 is 0. The average molecular weight is 430 g/mol. The molecule has 0 bridgehead atoms. The molecule has 0 spiro atoms. The van der Waals surface area contributed by atoms with E-state index >= 15 is 0 Å². The molecule has 0 amide bonds. The molecule has 2 aliphatic carbocycles. The molecule has 0 aromatic rings. The van der Waals surface area contributed by atoms with Gasteiger partial charge in [0.05, 0.1) is 11.4 Å². The molecule has 1 aliphatic heterocycles. The van der Waals surface area contributed by atoms with Crippen LogP contribution in [0.5, 0.6) is 0 Å². The Hall–Kier alpha value is 0.180. The number of allylic oxidation sites excluding steroid dienone is 7. The quantitative estimate of drug-likeness (QED) is 0.454. The molecule has 116 valence electrons. The van der Waals surface area contributed by atoms with Crippen molar-refractivity contribution in [3.8, 4) is 0 Å². The second-order valence-electron chi connectivity index (χ2n) is 6.00. The number of rotatable bonds is 2. The summed E-state index contributed by atoms with van der Waals surface area (Å²) in [7, 11) is -0.389. The van der Waals surface area contributed by atoms with Gasteiger partial charge in [-0.25, -0.2) is 0 Å². The van der Waals surface area contributed by atoms with E-state index < -0.39 is 0 Å². The van der Waals surface area contributed by atoms with Crippen LogP contribution in [0.3, 0.4) is 0 Å². The SMILES string of the molecule is CC(C)C1=NC2=CCC(=[Si](C)C)C2=C1C1=CC=CC1.[Cl-].[Cl-].[Zr+2]. The Morgan fingerprint density at radius 1 is 1.09 bits per heavy atom. The minimum absolute atomic E-state index is 0. The van der Waals surface area contributed by atoms with Gasteiger partial charge in [-0.3, -0.25) is 4.99 Å². The fraction of sp³-hybridized carbons (Fsp3) is 0.412. The van der Waals surface area contributed by atoms with Crippen LogP contribution in [0.2, 0.25) is 13.1 Å². The maximum absolute atomic E-state index is 4.94. The first-order valence-electron chi connectivity index (χ1n) is 7.16. The van der Waals surface area contributed by atoms with Crippen LogP contribution in [0.25, 0.3) is 0 Å². The predicted molar refractivity (Wildman–Crippen MR) is 86.3 cm³/mol. The Bertz CT molecular complexity index is 633. The molecule has 22 heavy (non-hydrogen) atoms. The zero-order valence-electron chi connectivity index (χ0n) is 13.5. The Labute approximate surface area is 166 Å². The average Bonchev–Trinajstić information content (AvgIpc) is 3.03. The molecule has 0 radical (unpaired) electrons. The molecule has 0 N–H and O–H groups in total. The van der Waals surface area contributed by atoms with Gasteiger partial charge in [-0.15, -0.1) is 0 Å². The zero-order valence-corrected chi connectivity index (χ0v) is 18.5. The number of fused-ring (bicyclic) bond motifs is 1. The second kappa shape index (κ2) is 8.87. The predicted octanol–water partition coefficient (Wildman–Crippen LogP) is -1.92. The van der Waals surface area contributed by atoms with Gasteiger partial charge >= 0.3 is 26.2 Å². The van der Waals surface area contributed by atoms with Crippen molar-refractivity contribution in [1.82, 2.24) is 0 Å². The van der Waals surface area contributed by atoms with Gasteiger partial charge in [0.25, 0.3) is 0 Å². The smallest absolute Gasteiger partial charge is 1.00 e. The molecule has 0 saturated carbocycles. The minimum atomic E-state index is -0.389. The van der Waals surface area contributed by atoms with E-state index in [1.807, 2.05) is 0 Å². The number of halogens is 2. The first-order valence-corrected chi connectivity index (χ1v) is 9.66. The van der Waals surface area contributed by atoms with Crippen molar-refractivity contribution in [2.45, 2.75) is 39.8 Å². The van der Waals surface area contributed by atoms with Crippen LogP contribution in [0.1, 0.15) is 26.7 Å².